The smallest absolute Gasteiger partial charge is 0.123 e. The number of nitrogens with one attached hydrogen (secondary N) is 1. The molecule has 1 N–H and O–H groups in total. The Bertz CT molecular complexity index is 507. The van der Waals surface area contributed by atoms with E-state index >= 15 is 0 Å². The first-order valence-electron chi connectivity index (χ1n) is 6.31. The molecule has 0 aliphatic heterocycles. The molecule has 1 atom stereocenters. The van der Waals surface area contributed by atoms with Crippen LogP contribution in [0.2, 0.25) is 0 Å². The van der Waals surface area contributed by atoms with Gasteiger partial charge < -0.3 is 10.1 Å². The highest BCUT2D eigenvalue weighted by Gasteiger charge is 2.04. The molecule has 2 nitrogen and oxygen atoms in total. The summed E-state index contributed by atoms with van der Waals surface area (Å²) in [5.41, 5.74) is 2.27. The second-order valence-corrected chi connectivity index (χ2v) is 4.50. The molecular weight excluding hydrogens is 241 g/mol. The number of halogens is 1. The third-order valence-corrected chi connectivity index (χ3v) is 3.14. The van der Waals surface area contributed by atoms with E-state index in [2.05, 4.69) is 12.2 Å². The number of hydrogen-bond acceptors (Lipinski definition) is 2. The van der Waals surface area contributed by atoms with Gasteiger partial charge in [0.15, 0.2) is 0 Å². The van der Waals surface area contributed by atoms with Crippen LogP contribution >= 0.6 is 0 Å². The van der Waals surface area contributed by atoms with Crippen molar-refractivity contribution in [1.82, 2.24) is 5.32 Å². The minimum absolute atomic E-state index is 0.183. The number of benzene rings is 2. The number of rotatable bonds is 5. The summed E-state index contributed by atoms with van der Waals surface area (Å²) in [4.78, 5) is 0. The molecule has 2 rings (SSSR count). The predicted octanol–water partition coefficient (Wildman–Crippen LogP) is 3.69. The molecule has 0 bridgehead atoms. The van der Waals surface area contributed by atoms with E-state index in [1.165, 1.54) is 17.7 Å². The second kappa shape index (κ2) is 6.34. The van der Waals surface area contributed by atoms with Crippen LogP contribution in [0.25, 0.3) is 0 Å². The van der Waals surface area contributed by atoms with E-state index in [0.717, 1.165) is 17.9 Å². The summed E-state index contributed by atoms with van der Waals surface area (Å²) in [6, 6.07) is 14.7. The fourth-order valence-electron chi connectivity index (χ4n) is 1.88. The van der Waals surface area contributed by atoms with Crippen LogP contribution in [0.3, 0.4) is 0 Å². The van der Waals surface area contributed by atoms with E-state index < -0.39 is 0 Å². The highest BCUT2D eigenvalue weighted by molar-refractivity contribution is 5.27. The molecule has 0 saturated carbocycles. The normalized spacial score (nSPS) is 12.2. The van der Waals surface area contributed by atoms with E-state index in [4.69, 9.17) is 4.74 Å². The Morgan fingerprint density at radius 2 is 1.68 bits per heavy atom. The van der Waals surface area contributed by atoms with Gasteiger partial charge in [-0.25, -0.2) is 4.39 Å². The quantitative estimate of drug-likeness (QED) is 0.884. The Hall–Kier alpha value is -1.87. The standard InChI is InChI=1S/C16H18FNO/c1-12(14-5-7-15(17)8-6-14)18-11-13-3-9-16(19-2)10-4-13/h3-10,12,18H,11H2,1-2H3/t12-/m0/s1. The Morgan fingerprint density at radius 1 is 1.05 bits per heavy atom. The van der Waals surface area contributed by atoms with Crippen LogP contribution in [0.15, 0.2) is 48.5 Å². The van der Waals surface area contributed by atoms with E-state index in [0.29, 0.717) is 0 Å². The lowest BCUT2D eigenvalue weighted by Crippen LogP contribution is -2.17. The van der Waals surface area contributed by atoms with Gasteiger partial charge in [-0.15, -0.1) is 0 Å². The maximum absolute atomic E-state index is 12.8. The topological polar surface area (TPSA) is 21.3 Å². The van der Waals surface area contributed by atoms with Crippen LogP contribution in [0.4, 0.5) is 4.39 Å². The first-order chi connectivity index (χ1) is 9.19. The molecule has 0 aliphatic rings. The third kappa shape index (κ3) is 3.80. The molecule has 0 unspecified atom stereocenters. The molecule has 0 saturated heterocycles. The van der Waals surface area contributed by atoms with Gasteiger partial charge in [0, 0.05) is 12.6 Å². The molecule has 100 valence electrons. The Morgan fingerprint density at radius 3 is 2.26 bits per heavy atom. The van der Waals surface area contributed by atoms with Crippen molar-refractivity contribution in [3.63, 3.8) is 0 Å². The predicted molar refractivity (Wildman–Crippen MR) is 74.6 cm³/mol. The molecule has 0 heterocycles. The first kappa shape index (κ1) is 13.6. The van der Waals surface area contributed by atoms with Crippen LogP contribution in [-0.4, -0.2) is 7.11 Å². The molecule has 3 heteroatoms. The molecule has 2 aromatic rings. The van der Waals surface area contributed by atoms with Crippen LogP contribution in [0.1, 0.15) is 24.1 Å². The molecule has 0 radical (unpaired) electrons. The Kier molecular flexibility index (Phi) is 4.53. The van der Waals surface area contributed by atoms with Crippen LogP contribution in [-0.2, 0) is 6.54 Å². The molecular formula is C16H18FNO. The number of methoxy groups -OCH3 is 1. The molecule has 0 aliphatic carbocycles. The van der Waals surface area contributed by atoms with Crippen molar-refractivity contribution < 1.29 is 9.13 Å². The lowest BCUT2D eigenvalue weighted by atomic mass is 10.1. The van der Waals surface area contributed by atoms with Gasteiger partial charge >= 0.3 is 0 Å². The summed E-state index contributed by atoms with van der Waals surface area (Å²) in [5, 5.41) is 3.41. The van der Waals surface area contributed by atoms with Crippen LogP contribution < -0.4 is 10.1 Å². The summed E-state index contributed by atoms with van der Waals surface area (Å²) in [5.74, 6) is 0.654. The fourth-order valence-corrected chi connectivity index (χ4v) is 1.88. The van der Waals surface area contributed by atoms with Gasteiger partial charge in [0.1, 0.15) is 11.6 Å². The summed E-state index contributed by atoms with van der Waals surface area (Å²) in [7, 11) is 1.66. The zero-order valence-corrected chi connectivity index (χ0v) is 11.2. The zero-order valence-electron chi connectivity index (χ0n) is 11.2. The number of ether oxygens (including phenoxy) is 1. The molecule has 0 amide bonds. The van der Waals surface area contributed by atoms with Crippen LogP contribution in [0.5, 0.6) is 5.75 Å². The molecule has 0 fully saturated rings. The summed E-state index contributed by atoms with van der Waals surface area (Å²) < 4.78 is 18.0. The van der Waals surface area contributed by atoms with Gasteiger partial charge in [-0.05, 0) is 42.3 Å². The van der Waals surface area contributed by atoms with Gasteiger partial charge in [-0.1, -0.05) is 24.3 Å². The average Bonchev–Trinajstić information content (AvgIpc) is 2.46. The molecule has 2 aromatic carbocycles. The monoisotopic (exact) mass is 259 g/mol. The van der Waals surface area contributed by atoms with Crippen molar-refractivity contribution in [2.75, 3.05) is 7.11 Å². The summed E-state index contributed by atoms with van der Waals surface area (Å²) in [6.45, 7) is 2.83. The van der Waals surface area contributed by atoms with Crippen LogP contribution in [0, 0.1) is 5.82 Å². The van der Waals surface area contributed by atoms with Gasteiger partial charge in [-0.3, -0.25) is 0 Å². The van der Waals surface area contributed by atoms with Crippen molar-refractivity contribution in [3.05, 3.63) is 65.5 Å². The highest BCUT2D eigenvalue weighted by atomic mass is 19.1. The van der Waals surface area contributed by atoms with E-state index in [1.807, 2.05) is 24.3 Å². The van der Waals surface area contributed by atoms with Gasteiger partial charge in [0.2, 0.25) is 0 Å². The van der Waals surface area contributed by atoms with E-state index in [1.54, 1.807) is 19.2 Å². The van der Waals surface area contributed by atoms with E-state index in [-0.39, 0.29) is 11.9 Å². The van der Waals surface area contributed by atoms with E-state index in [9.17, 15) is 4.39 Å². The minimum atomic E-state index is -0.203. The first-order valence-corrected chi connectivity index (χ1v) is 6.31. The molecule has 19 heavy (non-hydrogen) atoms. The average molecular weight is 259 g/mol. The largest absolute Gasteiger partial charge is 0.497 e. The van der Waals surface area contributed by atoms with Crippen molar-refractivity contribution in [2.24, 2.45) is 0 Å². The molecule has 0 spiro atoms. The SMILES string of the molecule is COc1ccc(CN[C@@H](C)c2ccc(F)cc2)cc1. The summed E-state index contributed by atoms with van der Waals surface area (Å²) >= 11 is 0. The second-order valence-electron chi connectivity index (χ2n) is 4.50. The summed E-state index contributed by atoms with van der Waals surface area (Å²) in [6.07, 6.45) is 0. The lowest BCUT2D eigenvalue weighted by Gasteiger charge is -2.14. The highest BCUT2D eigenvalue weighted by Crippen LogP contribution is 2.15. The lowest BCUT2D eigenvalue weighted by molar-refractivity contribution is 0.414. The minimum Gasteiger partial charge on any atom is -0.497 e. The fraction of sp³-hybridized carbons (Fsp3) is 0.250. The Balaban J connectivity index is 1.92. The van der Waals surface area contributed by atoms with Crippen molar-refractivity contribution >= 4 is 0 Å². The molecule has 0 aromatic heterocycles. The van der Waals surface area contributed by atoms with Crippen molar-refractivity contribution in [3.8, 4) is 5.75 Å². The number of hydrogen-bond donors (Lipinski definition) is 1. The van der Waals surface area contributed by atoms with Crippen molar-refractivity contribution in [2.45, 2.75) is 19.5 Å². The van der Waals surface area contributed by atoms with Gasteiger partial charge in [0.25, 0.3) is 0 Å². The maximum atomic E-state index is 12.8. The Labute approximate surface area is 113 Å². The maximum Gasteiger partial charge on any atom is 0.123 e. The van der Waals surface area contributed by atoms with Gasteiger partial charge in [-0.2, -0.15) is 0 Å². The van der Waals surface area contributed by atoms with Gasteiger partial charge in [0.05, 0.1) is 7.11 Å². The third-order valence-electron chi connectivity index (χ3n) is 3.14. The zero-order chi connectivity index (χ0) is 13.7. The van der Waals surface area contributed by atoms with Crippen molar-refractivity contribution in [1.29, 1.82) is 0 Å².